The molecular weight excluding hydrogens is 488 g/mol. The molecule has 4 atom stereocenters. The minimum atomic E-state index is -0.880. The SMILES string of the molecule is CC(C)C(=O)N1C(=O)C2(CCC2)[C@@H]2[C@@H]1CCN2C(=O)[C@@H](NC(=O)N[C@H](C(=O)OC(C)(C)C)C(C)C)C(C)C. The van der Waals surface area contributed by atoms with Gasteiger partial charge >= 0.3 is 12.0 Å². The van der Waals surface area contributed by atoms with E-state index < -0.39 is 35.1 Å². The number of nitrogens with zero attached hydrogens (tertiary/aromatic N) is 2. The highest BCUT2D eigenvalue weighted by molar-refractivity contribution is 6.03. The van der Waals surface area contributed by atoms with Crippen LogP contribution in [0, 0.1) is 23.2 Å². The normalized spacial score (nSPS) is 23.9. The lowest BCUT2D eigenvalue weighted by molar-refractivity contribution is -0.158. The maximum Gasteiger partial charge on any atom is 0.329 e. The zero-order valence-electron chi connectivity index (χ0n) is 24.4. The molecule has 3 aliphatic rings. The molecule has 214 valence electrons. The van der Waals surface area contributed by atoms with E-state index in [0.29, 0.717) is 25.8 Å². The average Bonchev–Trinajstić information content (AvgIpc) is 3.28. The summed E-state index contributed by atoms with van der Waals surface area (Å²) >= 11 is 0. The van der Waals surface area contributed by atoms with Gasteiger partial charge in [0.25, 0.3) is 0 Å². The van der Waals surface area contributed by atoms with Crippen LogP contribution in [-0.2, 0) is 23.9 Å². The molecule has 10 nitrogen and oxygen atoms in total. The van der Waals surface area contributed by atoms with Crippen molar-refractivity contribution in [3.8, 4) is 0 Å². The molecule has 2 N–H and O–H groups in total. The van der Waals surface area contributed by atoms with Crippen LogP contribution >= 0.6 is 0 Å². The van der Waals surface area contributed by atoms with Crippen LogP contribution < -0.4 is 10.6 Å². The van der Waals surface area contributed by atoms with Crippen molar-refractivity contribution in [2.24, 2.45) is 23.2 Å². The summed E-state index contributed by atoms with van der Waals surface area (Å²) in [6.07, 6.45) is 2.74. The first-order valence-corrected chi connectivity index (χ1v) is 14.0. The van der Waals surface area contributed by atoms with Gasteiger partial charge in [0.05, 0.1) is 17.5 Å². The molecule has 3 rings (SSSR count). The van der Waals surface area contributed by atoms with Gasteiger partial charge in [0, 0.05) is 12.5 Å². The third-order valence-electron chi connectivity index (χ3n) is 8.00. The number of hydrogen-bond acceptors (Lipinski definition) is 6. The quantitative estimate of drug-likeness (QED) is 0.484. The zero-order chi connectivity index (χ0) is 28.7. The summed E-state index contributed by atoms with van der Waals surface area (Å²) in [4.78, 5) is 69.3. The molecule has 2 aliphatic heterocycles. The molecule has 0 aromatic heterocycles. The molecule has 10 heteroatoms. The first kappa shape index (κ1) is 29.9. The van der Waals surface area contributed by atoms with Crippen LogP contribution in [0.15, 0.2) is 0 Å². The Hall–Kier alpha value is -2.65. The standard InChI is InChI=1S/C28H46N4O6/c1-15(2)19(29-26(37)30-20(16(3)4)24(35)38-27(7,8)9)23(34)31-14-11-18-21(31)28(12-10-13-28)25(36)32(18)22(33)17(5)6/h15-21H,10-14H2,1-9H3,(H2,29,30,37)/t18-,19-,20-,21-/m0/s1. The van der Waals surface area contributed by atoms with Crippen molar-refractivity contribution in [1.29, 1.82) is 0 Å². The zero-order valence-corrected chi connectivity index (χ0v) is 24.4. The number of carbonyl (C=O) groups is 5. The van der Waals surface area contributed by atoms with Crippen LogP contribution in [0.1, 0.15) is 88.0 Å². The Bertz CT molecular complexity index is 965. The number of fused-ring (bicyclic) bond motifs is 2. The lowest BCUT2D eigenvalue weighted by atomic mass is 9.64. The number of imide groups is 1. The number of carbonyl (C=O) groups excluding carboxylic acids is 5. The topological polar surface area (TPSA) is 125 Å². The Kier molecular flexibility index (Phi) is 8.53. The molecule has 0 radical (unpaired) electrons. The van der Waals surface area contributed by atoms with Gasteiger partial charge in [-0.25, -0.2) is 9.59 Å². The van der Waals surface area contributed by atoms with Gasteiger partial charge in [-0.3, -0.25) is 19.3 Å². The Balaban J connectivity index is 1.79. The summed E-state index contributed by atoms with van der Waals surface area (Å²) < 4.78 is 5.47. The predicted molar refractivity (Wildman–Crippen MR) is 142 cm³/mol. The first-order valence-electron chi connectivity index (χ1n) is 14.0. The predicted octanol–water partition coefficient (Wildman–Crippen LogP) is 2.84. The van der Waals surface area contributed by atoms with E-state index in [4.69, 9.17) is 4.74 Å². The summed E-state index contributed by atoms with van der Waals surface area (Å²) in [6, 6.07) is -3.08. The number of urea groups is 1. The van der Waals surface area contributed by atoms with Crippen molar-refractivity contribution in [1.82, 2.24) is 20.4 Å². The summed E-state index contributed by atoms with van der Waals surface area (Å²) in [6.45, 7) is 16.6. The third-order valence-corrected chi connectivity index (χ3v) is 8.00. The van der Waals surface area contributed by atoms with Crippen LogP contribution in [0.3, 0.4) is 0 Å². The molecule has 2 heterocycles. The van der Waals surface area contributed by atoms with E-state index in [0.717, 1.165) is 6.42 Å². The number of ether oxygens (including phenoxy) is 1. The molecule has 1 saturated carbocycles. The Morgan fingerprint density at radius 3 is 1.92 bits per heavy atom. The maximum absolute atomic E-state index is 13.9. The minimum absolute atomic E-state index is 0.154. The number of nitrogens with one attached hydrogen (secondary N) is 2. The van der Waals surface area contributed by atoms with Crippen molar-refractivity contribution in [2.45, 2.75) is 118 Å². The van der Waals surface area contributed by atoms with Gasteiger partial charge in [-0.05, 0) is 51.9 Å². The van der Waals surface area contributed by atoms with Gasteiger partial charge in [-0.2, -0.15) is 0 Å². The Labute approximate surface area is 226 Å². The van der Waals surface area contributed by atoms with E-state index in [-0.39, 0.29) is 47.6 Å². The van der Waals surface area contributed by atoms with E-state index in [2.05, 4.69) is 10.6 Å². The van der Waals surface area contributed by atoms with E-state index >= 15 is 0 Å². The number of rotatable bonds is 7. The molecule has 1 aliphatic carbocycles. The Morgan fingerprint density at radius 2 is 1.47 bits per heavy atom. The van der Waals surface area contributed by atoms with E-state index in [1.54, 1.807) is 39.5 Å². The smallest absolute Gasteiger partial charge is 0.329 e. The lowest BCUT2D eigenvalue weighted by Gasteiger charge is -2.44. The number of esters is 1. The van der Waals surface area contributed by atoms with E-state index in [1.165, 1.54) is 4.90 Å². The fraction of sp³-hybridized carbons (Fsp3) is 0.821. The van der Waals surface area contributed by atoms with Crippen LogP contribution in [0.4, 0.5) is 4.79 Å². The fourth-order valence-corrected chi connectivity index (χ4v) is 5.97. The van der Waals surface area contributed by atoms with Crippen molar-refractivity contribution in [2.75, 3.05) is 6.54 Å². The van der Waals surface area contributed by atoms with Gasteiger partial charge in [-0.15, -0.1) is 0 Å². The number of amides is 5. The van der Waals surface area contributed by atoms with Crippen molar-refractivity contribution >= 4 is 29.7 Å². The maximum atomic E-state index is 13.9. The highest BCUT2D eigenvalue weighted by Crippen LogP contribution is 2.56. The molecule has 1 spiro atoms. The molecule has 5 amide bonds. The van der Waals surface area contributed by atoms with Crippen LogP contribution in [0.25, 0.3) is 0 Å². The molecule has 0 bridgehead atoms. The van der Waals surface area contributed by atoms with Crippen LogP contribution in [0.2, 0.25) is 0 Å². The number of likely N-dealkylation sites (tertiary alicyclic amines) is 2. The third kappa shape index (κ3) is 5.54. The van der Waals surface area contributed by atoms with Gasteiger partial charge in [0.15, 0.2) is 0 Å². The van der Waals surface area contributed by atoms with Crippen molar-refractivity contribution in [3.05, 3.63) is 0 Å². The second-order valence-corrected chi connectivity index (χ2v) is 13.1. The fourth-order valence-electron chi connectivity index (χ4n) is 5.97. The minimum Gasteiger partial charge on any atom is -0.458 e. The largest absolute Gasteiger partial charge is 0.458 e. The molecule has 0 unspecified atom stereocenters. The molecule has 0 aromatic rings. The van der Waals surface area contributed by atoms with Crippen molar-refractivity contribution < 1.29 is 28.7 Å². The van der Waals surface area contributed by atoms with Crippen LogP contribution in [-0.4, -0.2) is 75.8 Å². The van der Waals surface area contributed by atoms with Gasteiger partial charge in [0.2, 0.25) is 17.7 Å². The monoisotopic (exact) mass is 534 g/mol. The summed E-state index contributed by atoms with van der Waals surface area (Å²) in [7, 11) is 0. The van der Waals surface area contributed by atoms with E-state index in [1.807, 2.05) is 27.7 Å². The summed E-state index contributed by atoms with van der Waals surface area (Å²) in [5.41, 5.74) is -1.42. The summed E-state index contributed by atoms with van der Waals surface area (Å²) in [5, 5.41) is 5.48. The van der Waals surface area contributed by atoms with Gasteiger partial charge in [0.1, 0.15) is 17.7 Å². The molecule has 2 saturated heterocycles. The Morgan fingerprint density at radius 1 is 0.921 bits per heavy atom. The van der Waals surface area contributed by atoms with Gasteiger partial charge in [-0.1, -0.05) is 48.0 Å². The van der Waals surface area contributed by atoms with Crippen molar-refractivity contribution in [3.63, 3.8) is 0 Å². The molecule has 0 aromatic carbocycles. The van der Waals surface area contributed by atoms with E-state index in [9.17, 15) is 24.0 Å². The highest BCUT2D eigenvalue weighted by Gasteiger charge is 2.67. The first-order chi connectivity index (χ1) is 17.5. The van der Waals surface area contributed by atoms with Crippen LogP contribution in [0.5, 0.6) is 0 Å². The number of hydrogen-bond donors (Lipinski definition) is 2. The lowest BCUT2D eigenvalue weighted by Crippen LogP contribution is -2.60. The second-order valence-electron chi connectivity index (χ2n) is 13.1. The molecule has 3 fully saturated rings. The van der Waals surface area contributed by atoms with Gasteiger partial charge < -0.3 is 20.3 Å². The molecular formula is C28H46N4O6. The average molecular weight is 535 g/mol. The summed E-state index contributed by atoms with van der Waals surface area (Å²) in [5.74, 6) is -1.93. The second kappa shape index (κ2) is 10.8. The molecule has 38 heavy (non-hydrogen) atoms. The highest BCUT2D eigenvalue weighted by atomic mass is 16.6.